The summed E-state index contributed by atoms with van der Waals surface area (Å²) >= 11 is 0. The number of aryl methyl sites for hydroxylation is 1. The van der Waals surface area contributed by atoms with Gasteiger partial charge in [0.2, 0.25) is 5.75 Å². The Bertz CT molecular complexity index is 957. The highest BCUT2D eigenvalue weighted by molar-refractivity contribution is 6.04. The fourth-order valence-electron chi connectivity index (χ4n) is 4.10. The number of ketones is 1. The van der Waals surface area contributed by atoms with E-state index in [1.54, 1.807) is 44.4 Å². The van der Waals surface area contributed by atoms with Crippen LogP contribution in [0.3, 0.4) is 0 Å². The van der Waals surface area contributed by atoms with Crippen LogP contribution in [0.4, 0.5) is 0 Å². The molecular weight excluding hydrogens is 400 g/mol. The molecule has 1 fully saturated rings. The van der Waals surface area contributed by atoms with Crippen molar-refractivity contribution in [2.75, 3.05) is 35.0 Å². The Hall–Kier alpha value is -3.22. The van der Waals surface area contributed by atoms with E-state index in [2.05, 4.69) is 0 Å². The largest absolute Gasteiger partial charge is 0.496 e. The van der Waals surface area contributed by atoms with Gasteiger partial charge in [0.15, 0.2) is 17.3 Å². The Labute approximate surface area is 182 Å². The molecule has 0 bridgehead atoms. The van der Waals surface area contributed by atoms with Crippen LogP contribution in [-0.2, 0) is 9.53 Å². The average Bonchev–Trinajstić information content (AvgIpc) is 3.53. The van der Waals surface area contributed by atoms with Crippen molar-refractivity contribution in [2.24, 2.45) is 11.8 Å². The molecule has 0 spiro atoms. The number of methoxy groups -OCH3 is 4. The van der Waals surface area contributed by atoms with Gasteiger partial charge >= 0.3 is 5.97 Å². The SMILES string of the molecule is CCOC(=O)C1C(C(=O)c2ccc(OC)c(C)c2)C1c1cc(OC)c(OC)c(OC)c1. The second kappa shape index (κ2) is 9.29. The first-order valence-electron chi connectivity index (χ1n) is 10.1. The van der Waals surface area contributed by atoms with Crippen LogP contribution in [0.25, 0.3) is 0 Å². The Kier molecular flexibility index (Phi) is 6.73. The minimum Gasteiger partial charge on any atom is -0.496 e. The lowest BCUT2D eigenvalue weighted by Crippen LogP contribution is -2.12. The van der Waals surface area contributed by atoms with E-state index in [1.165, 1.54) is 21.3 Å². The molecule has 0 radical (unpaired) electrons. The topological polar surface area (TPSA) is 80.3 Å². The Morgan fingerprint density at radius 1 is 0.839 bits per heavy atom. The molecule has 0 N–H and O–H groups in total. The monoisotopic (exact) mass is 428 g/mol. The van der Waals surface area contributed by atoms with Crippen molar-refractivity contribution in [3.8, 4) is 23.0 Å². The summed E-state index contributed by atoms with van der Waals surface area (Å²) in [6.07, 6.45) is 0. The van der Waals surface area contributed by atoms with Gasteiger partial charge in [-0.15, -0.1) is 0 Å². The fraction of sp³-hybridized carbons (Fsp3) is 0.417. The molecule has 3 atom stereocenters. The van der Waals surface area contributed by atoms with Crippen LogP contribution in [0.15, 0.2) is 30.3 Å². The predicted octanol–water partition coefficient (Wildman–Crippen LogP) is 3.81. The highest BCUT2D eigenvalue weighted by atomic mass is 16.5. The number of hydrogen-bond donors (Lipinski definition) is 0. The quantitative estimate of drug-likeness (QED) is 0.444. The van der Waals surface area contributed by atoms with Crippen molar-refractivity contribution < 1.29 is 33.3 Å². The van der Waals surface area contributed by atoms with E-state index in [1.807, 2.05) is 6.92 Å². The fourth-order valence-corrected chi connectivity index (χ4v) is 4.10. The van der Waals surface area contributed by atoms with Crippen LogP contribution in [0, 0.1) is 18.8 Å². The third-order valence-corrected chi connectivity index (χ3v) is 5.63. The van der Waals surface area contributed by atoms with E-state index < -0.39 is 11.8 Å². The summed E-state index contributed by atoms with van der Waals surface area (Å²) in [5, 5.41) is 0. The van der Waals surface area contributed by atoms with Crippen LogP contribution >= 0.6 is 0 Å². The van der Waals surface area contributed by atoms with Gasteiger partial charge in [-0.2, -0.15) is 0 Å². The second-order valence-corrected chi connectivity index (χ2v) is 7.34. The Morgan fingerprint density at radius 3 is 1.94 bits per heavy atom. The number of ether oxygens (including phenoxy) is 5. The molecule has 2 aromatic carbocycles. The number of carbonyl (C=O) groups is 2. The molecule has 0 aliphatic heterocycles. The molecule has 1 aliphatic carbocycles. The zero-order valence-corrected chi connectivity index (χ0v) is 18.7. The lowest BCUT2D eigenvalue weighted by molar-refractivity contribution is -0.145. The second-order valence-electron chi connectivity index (χ2n) is 7.34. The minimum atomic E-state index is -0.572. The zero-order valence-electron chi connectivity index (χ0n) is 18.7. The molecule has 166 valence electrons. The van der Waals surface area contributed by atoms with Crippen molar-refractivity contribution in [1.29, 1.82) is 0 Å². The molecule has 7 heteroatoms. The summed E-state index contributed by atoms with van der Waals surface area (Å²) in [7, 11) is 6.16. The van der Waals surface area contributed by atoms with Crippen LogP contribution in [0.1, 0.15) is 34.3 Å². The van der Waals surface area contributed by atoms with Gasteiger partial charge in [-0.05, 0) is 55.3 Å². The van der Waals surface area contributed by atoms with Gasteiger partial charge in [-0.1, -0.05) is 0 Å². The standard InChI is InChI=1S/C24H28O7/c1-7-31-24(26)21-19(15-11-17(28-4)23(30-6)18(12-15)29-5)20(21)22(25)14-8-9-16(27-3)13(2)10-14/h8-12,19-21H,7H2,1-6H3. The van der Waals surface area contributed by atoms with E-state index in [4.69, 9.17) is 23.7 Å². The third kappa shape index (κ3) is 4.17. The van der Waals surface area contributed by atoms with Crippen LogP contribution < -0.4 is 18.9 Å². The predicted molar refractivity (Wildman–Crippen MR) is 115 cm³/mol. The van der Waals surface area contributed by atoms with Crippen molar-refractivity contribution in [1.82, 2.24) is 0 Å². The summed E-state index contributed by atoms with van der Waals surface area (Å²) in [4.78, 5) is 26.0. The number of rotatable bonds is 9. The molecule has 3 rings (SSSR count). The first-order valence-corrected chi connectivity index (χ1v) is 10.1. The van der Waals surface area contributed by atoms with Gasteiger partial charge in [0.1, 0.15) is 5.75 Å². The third-order valence-electron chi connectivity index (χ3n) is 5.63. The number of Topliss-reactive ketones (excluding diaryl/α,β-unsaturated/α-hetero) is 1. The van der Waals surface area contributed by atoms with Gasteiger partial charge in [-0.25, -0.2) is 0 Å². The van der Waals surface area contributed by atoms with Crippen molar-refractivity contribution >= 4 is 11.8 Å². The summed E-state index contributed by atoms with van der Waals surface area (Å²) in [6.45, 7) is 3.88. The lowest BCUT2D eigenvalue weighted by atomic mass is 10.0. The summed E-state index contributed by atoms with van der Waals surface area (Å²) in [5.41, 5.74) is 2.15. The van der Waals surface area contributed by atoms with Crippen LogP contribution in [0.5, 0.6) is 23.0 Å². The summed E-state index contributed by atoms with van der Waals surface area (Å²) in [5.74, 6) is 0.157. The molecular formula is C24H28O7. The molecule has 1 saturated carbocycles. The number of benzene rings is 2. The van der Waals surface area contributed by atoms with Crippen molar-refractivity contribution in [2.45, 2.75) is 19.8 Å². The number of esters is 1. The van der Waals surface area contributed by atoms with E-state index in [-0.39, 0.29) is 24.3 Å². The first kappa shape index (κ1) is 22.5. The molecule has 0 saturated heterocycles. The van der Waals surface area contributed by atoms with Gasteiger partial charge < -0.3 is 23.7 Å². The molecule has 0 amide bonds. The van der Waals surface area contributed by atoms with Gasteiger partial charge in [0.05, 0.1) is 41.0 Å². The highest BCUT2D eigenvalue weighted by Gasteiger charge is 2.60. The van der Waals surface area contributed by atoms with E-state index in [9.17, 15) is 9.59 Å². The number of carbonyl (C=O) groups excluding carboxylic acids is 2. The van der Waals surface area contributed by atoms with Gasteiger partial charge in [-0.3, -0.25) is 9.59 Å². The van der Waals surface area contributed by atoms with E-state index >= 15 is 0 Å². The normalized spacial score (nSPS) is 19.4. The molecule has 0 heterocycles. The molecule has 0 aromatic heterocycles. The molecule has 3 unspecified atom stereocenters. The smallest absolute Gasteiger partial charge is 0.310 e. The van der Waals surface area contributed by atoms with Crippen molar-refractivity contribution in [3.05, 3.63) is 47.0 Å². The minimum absolute atomic E-state index is 0.109. The van der Waals surface area contributed by atoms with Crippen molar-refractivity contribution in [3.63, 3.8) is 0 Å². The summed E-state index contributed by atoms with van der Waals surface area (Å²) in [6, 6.07) is 8.84. The number of hydrogen-bond acceptors (Lipinski definition) is 7. The molecule has 1 aliphatic rings. The highest BCUT2D eigenvalue weighted by Crippen LogP contribution is 2.58. The summed E-state index contributed by atoms with van der Waals surface area (Å²) < 4.78 is 26.8. The van der Waals surface area contributed by atoms with E-state index in [0.717, 1.165) is 11.1 Å². The van der Waals surface area contributed by atoms with Crippen LogP contribution in [-0.4, -0.2) is 46.8 Å². The average molecular weight is 428 g/mol. The maximum absolute atomic E-state index is 13.4. The maximum Gasteiger partial charge on any atom is 0.310 e. The maximum atomic E-state index is 13.4. The molecule has 2 aromatic rings. The molecule has 31 heavy (non-hydrogen) atoms. The van der Waals surface area contributed by atoms with E-state index in [0.29, 0.717) is 28.6 Å². The lowest BCUT2D eigenvalue weighted by Gasteiger charge is -2.14. The van der Waals surface area contributed by atoms with Gasteiger partial charge in [0, 0.05) is 17.4 Å². The zero-order chi connectivity index (χ0) is 22.7. The van der Waals surface area contributed by atoms with Crippen LogP contribution in [0.2, 0.25) is 0 Å². The van der Waals surface area contributed by atoms with Gasteiger partial charge in [0.25, 0.3) is 0 Å². The Morgan fingerprint density at radius 2 is 1.45 bits per heavy atom. The Balaban J connectivity index is 2.01. The molecule has 7 nitrogen and oxygen atoms in total. The first-order chi connectivity index (χ1) is 14.9.